The van der Waals surface area contributed by atoms with Crippen molar-refractivity contribution in [3.8, 4) is 34.4 Å². The minimum absolute atomic E-state index is 0.116. The van der Waals surface area contributed by atoms with Crippen molar-refractivity contribution in [3.63, 3.8) is 0 Å². The molecule has 16 heteroatoms. The third kappa shape index (κ3) is 9.80. The number of benzene rings is 2. The molecule has 0 spiro atoms. The van der Waals surface area contributed by atoms with Crippen LogP contribution in [0, 0.1) is 23.7 Å². The molecule has 16 nitrogen and oxygen atoms in total. The van der Waals surface area contributed by atoms with E-state index >= 15 is 0 Å². The van der Waals surface area contributed by atoms with Gasteiger partial charge < -0.3 is 50.4 Å². The van der Waals surface area contributed by atoms with Gasteiger partial charge in [0.1, 0.15) is 23.7 Å². The highest BCUT2D eigenvalue weighted by Crippen LogP contribution is 2.34. The molecule has 0 aliphatic carbocycles. The van der Waals surface area contributed by atoms with Crippen molar-refractivity contribution in [2.75, 3.05) is 39.3 Å². The molecule has 6 heterocycles. The van der Waals surface area contributed by atoms with Gasteiger partial charge in [-0.25, -0.2) is 19.6 Å². The number of amides is 6. The number of hydrogen-bond acceptors (Lipinski definition) is 8. The van der Waals surface area contributed by atoms with Crippen LogP contribution in [-0.2, 0) is 9.59 Å². The summed E-state index contributed by atoms with van der Waals surface area (Å²) in [5.41, 5.74) is 5.27. The lowest BCUT2D eigenvalue weighted by atomic mass is 10.0. The maximum Gasteiger partial charge on any atom is 0.318 e. The van der Waals surface area contributed by atoms with Gasteiger partial charge in [-0.1, -0.05) is 63.8 Å². The molecule has 4 aromatic rings. The largest absolute Gasteiger partial charge is 0.391 e. The zero-order valence-electron chi connectivity index (χ0n) is 37.1. The SMILES string of the molecule is CC(C)[C@H](NC(=O)N1CC[C@H](O)C1)C(=O)N1CCC[C@H]1c1ncc(-c2ccc(C#Cc3ccc(-c4cnc([C@@H]5CCCN5C(=O)[C@@H](NC(=O)N5CC[C@H](O)C5)C(C)C)[nH]4)cc3)cc2)[nH]1. The van der Waals surface area contributed by atoms with E-state index in [0.29, 0.717) is 50.7 Å². The molecule has 0 unspecified atom stereocenters. The lowest BCUT2D eigenvalue weighted by Crippen LogP contribution is -2.54. The van der Waals surface area contributed by atoms with E-state index in [-0.39, 0.29) is 60.9 Å². The summed E-state index contributed by atoms with van der Waals surface area (Å²) in [6.45, 7) is 10.4. The summed E-state index contributed by atoms with van der Waals surface area (Å²) in [6, 6.07) is 13.4. The topological polar surface area (TPSA) is 203 Å². The summed E-state index contributed by atoms with van der Waals surface area (Å²) in [7, 11) is 0. The Labute approximate surface area is 374 Å². The number of β-amino-alcohol motifs (C(OH)–C–C–N with tert-alkyl or cyclic N) is 2. The second-order valence-corrected chi connectivity index (χ2v) is 18.3. The zero-order chi connectivity index (χ0) is 45.1. The van der Waals surface area contributed by atoms with Crippen LogP contribution in [0.4, 0.5) is 9.59 Å². The molecule has 338 valence electrons. The monoisotopic (exact) mass is 872 g/mol. The Morgan fingerprint density at radius 3 is 1.34 bits per heavy atom. The number of aromatic nitrogens is 4. The standard InChI is InChI=1S/C48H60N10O6/c1-29(2)41(53-47(63)55-23-19-35(59)27-55)45(61)57-21-5-7-39(57)43-49-25-37(51-43)33-15-11-31(12-16-33)9-10-32-13-17-34(18-14-32)38-26-50-44(52-38)40-8-6-22-58(40)46(62)42(30(3)4)54-48(64)56-24-20-36(60)28-56/h11-18,25-26,29-30,35-36,39-42,59-60H,5-8,19-24,27-28H2,1-4H3,(H,49,51)(H,50,52)(H,53,63)(H,54,64)/t35-,36-,39-,40-,41-,42-/m0/s1. The number of imidazole rings is 2. The maximum absolute atomic E-state index is 13.9. The number of likely N-dealkylation sites (tertiary alicyclic amines) is 4. The van der Waals surface area contributed by atoms with Gasteiger partial charge >= 0.3 is 12.1 Å². The average molecular weight is 873 g/mol. The molecule has 2 aromatic heterocycles. The van der Waals surface area contributed by atoms with Crippen LogP contribution in [0.5, 0.6) is 0 Å². The molecule has 8 rings (SSSR count). The lowest BCUT2D eigenvalue weighted by molar-refractivity contribution is -0.136. The molecule has 6 N–H and O–H groups in total. The Morgan fingerprint density at radius 1 is 0.609 bits per heavy atom. The Morgan fingerprint density at radius 2 is 1.00 bits per heavy atom. The molecule has 6 amide bonds. The van der Waals surface area contributed by atoms with E-state index in [0.717, 1.165) is 59.3 Å². The minimum Gasteiger partial charge on any atom is -0.391 e. The fourth-order valence-electron chi connectivity index (χ4n) is 9.23. The minimum atomic E-state index is -0.685. The molecule has 2 aromatic carbocycles. The lowest BCUT2D eigenvalue weighted by Gasteiger charge is -2.31. The Bertz CT molecular complexity index is 2200. The number of rotatable bonds is 10. The van der Waals surface area contributed by atoms with Crippen LogP contribution >= 0.6 is 0 Å². The normalized spacial score (nSPS) is 21.9. The molecule has 4 saturated heterocycles. The third-order valence-electron chi connectivity index (χ3n) is 13.0. The van der Waals surface area contributed by atoms with Crippen LogP contribution in [0.1, 0.15) is 101 Å². The van der Waals surface area contributed by atoms with Gasteiger partial charge in [-0.2, -0.15) is 0 Å². The van der Waals surface area contributed by atoms with Crippen LogP contribution < -0.4 is 10.6 Å². The smallest absolute Gasteiger partial charge is 0.318 e. The van der Waals surface area contributed by atoms with Crippen molar-refractivity contribution in [2.45, 2.75) is 103 Å². The average Bonchev–Trinajstić information content (AvgIpc) is 4.15. The summed E-state index contributed by atoms with van der Waals surface area (Å²) in [4.78, 5) is 76.7. The maximum atomic E-state index is 13.9. The van der Waals surface area contributed by atoms with Crippen molar-refractivity contribution in [3.05, 3.63) is 83.7 Å². The molecule has 4 aliphatic rings. The third-order valence-corrected chi connectivity index (χ3v) is 13.0. The van der Waals surface area contributed by atoms with E-state index in [1.165, 1.54) is 0 Å². The van der Waals surface area contributed by atoms with E-state index < -0.39 is 24.3 Å². The zero-order valence-corrected chi connectivity index (χ0v) is 37.1. The summed E-state index contributed by atoms with van der Waals surface area (Å²) in [6.07, 6.45) is 6.81. The highest BCUT2D eigenvalue weighted by Gasteiger charge is 2.40. The number of nitrogens with zero attached hydrogens (tertiary/aromatic N) is 6. The number of aliphatic hydroxyl groups excluding tert-OH is 2. The second kappa shape index (κ2) is 19.3. The summed E-state index contributed by atoms with van der Waals surface area (Å²) < 4.78 is 0. The predicted molar refractivity (Wildman–Crippen MR) is 240 cm³/mol. The van der Waals surface area contributed by atoms with Gasteiger partial charge in [0, 0.05) is 50.4 Å². The first-order valence-corrected chi connectivity index (χ1v) is 22.7. The van der Waals surface area contributed by atoms with Gasteiger partial charge in [-0.15, -0.1) is 0 Å². The van der Waals surface area contributed by atoms with Gasteiger partial charge in [0.15, 0.2) is 0 Å². The van der Waals surface area contributed by atoms with E-state index in [9.17, 15) is 29.4 Å². The van der Waals surface area contributed by atoms with Crippen molar-refractivity contribution < 1.29 is 29.4 Å². The summed E-state index contributed by atoms with van der Waals surface area (Å²) >= 11 is 0. The van der Waals surface area contributed by atoms with E-state index in [1.807, 2.05) is 86.0 Å². The number of hydrogen-bond donors (Lipinski definition) is 6. The molecular formula is C48H60N10O6. The second-order valence-electron chi connectivity index (χ2n) is 18.3. The van der Waals surface area contributed by atoms with Crippen molar-refractivity contribution in [1.29, 1.82) is 0 Å². The Kier molecular flexibility index (Phi) is 13.4. The fraction of sp³-hybridized carbons (Fsp3) is 0.500. The number of H-pyrrole nitrogens is 2. The van der Waals surface area contributed by atoms with Crippen LogP contribution in [0.2, 0.25) is 0 Å². The van der Waals surface area contributed by atoms with Crippen LogP contribution in [0.15, 0.2) is 60.9 Å². The number of aliphatic hydroxyl groups is 2. The van der Waals surface area contributed by atoms with E-state index in [4.69, 9.17) is 9.97 Å². The van der Waals surface area contributed by atoms with Crippen molar-refractivity contribution >= 4 is 23.9 Å². The summed E-state index contributed by atoms with van der Waals surface area (Å²) in [5.74, 6) is 7.46. The highest BCUT2D eigenvalue weighted by atomic mass is 16.3. The van der Waals surface area contributed by atoms with Crippen molar-refractivity contribution in [2.24, 2.45) is 11.8 Å². The van der Waals surface area contributed by atoms with E-state index in [1.54, 1.807) is 22.2 Å². The van der Waals surface area contributed by atoms with Gasteiger partial charge in [-0.3, -0.25) is 9.59 Å². The first-order valence-electron chi connectivity index (χ1n) is 22.7. The predicted octanol–water partition coefficient (Wildman–Crippen LogP) is 4.80. The molecular weight excluding hydrogens is 813 g/mol. The summed E-state index contributed by atoms with van der Waals surface area (Å²) in [5, 5.41) is 25.7. The molecule has 4 aliphatic heterocycles. The van der Waals surface area contributed by atoms with Crippen LogP contribution in [-0.4, -0.2) is 137 Å². The van der Waals surface area contributed by atoms with Gasteiger partial charge in [0.2, 0.25) is 11.8 Å². The Hall–Kier alpha value is -6.18. The first-order chi connectivity index (χ1) is 30.8. The molecule has 0 bridgehead atoms. The quantitative estimate of drug-likeness (QED) is 0.122. The number of nitrogens with one attached hydrogen (secondary N) is 4. The Balaban J connectivity index is 0.867. The highest BCUT2D eigenvalue weighted by molar-refractivity contribution is 5.89. The van der Waals surface area contributed by atoms with Crippen molar-refractivity contribution in [1.82, 2.24) is 50.2 Å². The molecule has 64 heavy (non-hydrogen) atoms. The van der Waals surface area contributed by atoms with E-state index in [2.05, 4.69) is 32.4 Å². The number of urea groups is 2. The molecule has 4 fully saturated rings. The molecule has 0 saturated carbocycles. The molecule has 6 atom stereocenters. The van der Waals surface area contributed by atoms with Crippen LogP contribution in [0.3, 0.4) is 0 Å². The molecule has 0 radical (unpaired) electrons. The first kappa shape index (κ1) is 44.4. The van der Waals surface area contributed by atoms with Gasteiger partial charge in [0.25, 0.3) is 0 Å². The van der Waals surface area contributed by atoms with Gasteiger partial charge in [0.05, 0.1) is 48.1 Å². The number of carbonyl (C=O) groups is 4. The van der Waals surface area contributed by atoms with Gasteiger partial charge in [-0.05, 0) is 85.8 Å². The fourth-order valence-corrected chi connectivity index (χ4v) is 9.23. The number of aromatic amines is 2. The number of carbonyl (C=O) groups excluding carboxylic acids is 4. The van der Waals surface area contributed by atoms with Crippen LogP contribution in [0.25, 0.3) is 22.5 Å².